The van der Waals surface area contributed by atoms with Crippen molar-refractivity contribution in [1.29, 1.82) is 0 Å². The third-order valence-corrected chi connectivity index (χ3v) is 10.3. The molecular weight excluding hydrogens is 631 g/mol. The van der Waals surface area contributed by atoms with Gasteiger partial charge >= 0.3 is 0 Å². The first-order valence-corrected chi connectivity index (χ1v) is 17.8. The van der Waals surface area contributed by atoms with Gasteiger partial charge in [0.1, 0.15) is 11.2 Å². The van der Waals surface area contributed by atoms with Crippen LogP contribution >= 0.6 is 0 Å². The molecule has 0 bridgehead atoms. The first-order valence-electron chi connectivity index (χ1n) is 17.8. The molecule has 2 heteroatoms. The molecule has 0 spiro atoms. The normalized spacial score (nSPS) is 11.5. The van der Waals surface area contributed by atoms with Gasteiger partial charge in [-0.1, -0.05) is 164 Å². The predicted molar refractivity (Wildman–Crippen MR) is 220 cm³/mol. The SMILES string of the molecule is c1ccc(-c2ccc(N(c3ccc(-c4cccc5c4oc4c(-c6ccccc6)cccc45)cc3)c3ccc4c(ccc5ccccc54)c3)cc2)cc1. The summed E-state index contributed by atoms with van der Waals surface area (Å²) >= 11 is 0. The fraction of sp³-hybridized carbons (Fsp3) is 0. The second kappa shape index (κ2) is 12.5. The number of hydrogen-bond acceptors (Lipinski definition) is 2. The minimum atomic E-state index is 0.906. The summed E-state index contributed by atoms with van der Waals surface area (Å²) in [6.45, 7) is 0. The lowest BCUT2D eigenvalue weighted by molar-refractivity contribution is 0.671. The highest BCUT2D eigenvalue weighted by Gasteiger charge is 2.18. The molecule has 0 aliphatic heterocycles. The molecule has 52 heavy (non-hydrogen) atoms. The number of para-hydroxylation sites is 2. The summed E-state index contributed by atoms with van der Waals surface area (Å²) in [5.74, 6) is 0. The van der Waals surface area contributed by atoms with Crippen molar-refractivity contribution in [2.45, 2.75) is 0 Å². The number of hydrogen-bond donors (Lipinski definition) is 0. The Hall–Kier alpha value is -6.90. The van der Waals surface area contributed by atoms with E-state index in [0.29, 0.717) is 0 Å². The standard InChI is InChI=1S/C50H33NO/c1-3-11-34(12-4-1)35-23-27-40(28-24-35)51(42-31-32-44-39(33-42)22-21-37-15-7-8-16-43(37)44)41-29-25-38(26-30-41)46-18-10-20-48-47-19-9-17-45(49(47)52-50(46)48)36-13-5-2-6-14-36/h1-33H. The molecule has 0 radical (unpaired) electrons. The van der Waals surface area contributed by atoms with Gasteiger partial charge in [0, 0.05) is 39.0 Å². The van der Waals surface area contributed by atoms with Crippen LogP contribution in [0.25, 0.3) is 76.9 Å². The van der Waals surface area contributed by atoms with Gasteiger partial charge in [0.25, 0.3) is 0 Å². The first kappa shape index (κ1) is 30.0. The Morgan fingerprint density at radius 1 is 0.288 bits per heavy atom. The highest BCUT2D eigenvalue weighted by molar-refractivity contribution is 6.13. The minimum Gasteiger partial charge on any atom is -0.455 e. The van der Waals surface area contributed by atoms with E-state index in [1.165, 1.54) is 32.7 Å². The number of furan rings is 1. The summed E-state index contributed by atoms with van der Waals surface area (Å²) in [5, 5.41) is 7.24. The lowest BCUT2D eigenvalue weighted by atomic mass is 9.99. The molecule has 10 rings (SSSR count). The van der Waals surface area contributed by atoms with E-state index >= 15 is 0 Å². The van der Waals surface area contributed by atoms with Crippen molar-refractivity contribution in [3.63, 3.8) is 0 Å². The molecule has 2 nitrogen and oxygen atoms in total. The second-order valence-corrected chi connectivity index (χ2v) is 13.3. The Labute approximate surface area is 302 Å². The van der Waals surface area contributed by atoms with Crippen molar-refractivity contribution in [2.75, 3.05) is 4.90 Å². The summed E-state index contributed by atoms with van der Waals surface area (Å²) in [5.41, 5.74) is 12.0. The van der Waals surface area contributed by atoms with Crippen molar-refractivity contribution >= 4 is 60.5 Å². The van der Waals surface area contributed by atoms with Gasteiger partial charge in [-0.25, -0.2) is 0 Å². The smallest absolute Gasteiger partial charge is 0.143 e. The molecule has 10 aromatic rings. The van der Waals surface area contributed by atoms with E-state index in [1.807, 2.05) is 6.07 Å². The van der Waals surface area contributed by atoms with Gasteiger partial charge < -0.3 is 9.32 Å². The maximum atomic E-state index is 6.75. The molecule has 0 saturated carbocycles. The van der Waals surface area contributed by atoms with Crippen molar-refractivity contribution in [3.05, 3.63) is 200 Å². The van der Waals surface area contributed by atoms with Gasteiger partial charge in [-0.3, -0.25) is 0 Å². The molecule has 244 valence electrons. The Kier molecular flexibility index (Phi) is 7.18. The van der Waals surface area contributed by atoms with E-state index in [1.54, 1.807) is 0 Å². The summed E-state index contributed by atoms with van der Waals surface area (Å²) in [4.78, 5) is 2.35. The van der Waals surface area contributed by atoms with E-state index < -0.39 is 0 Å². The van der Waals surface area contributed by atoms with Gasteiger partial charge in [-0.2, -0.15) is 0 Å². The zero-order valence-electron chi connectivity index (χ0n) is 28.4. The summed E-state index contributed by atoms with van der Waals surface area (Å²) in [7, 11) is 0. The Bertz CT molecular complexity index is 2870. The molecule has 0 aliphatic rings. The average molecular weight is 664 g/mol. The van der Waals surface area contributed by atoms with Crippen molar-refractivity contribution < 1.29 is 4.42 Å². The van der Waals surface area contributed by atoms with E-state index in [-0.39, 0.29) is 0 Å². The molecule has 9 aromatic carbocycles. The van der Waals surface area contributed by atoms with Crippen LogP contribution in [0.15, 0.2) is 205 Å². The zero-order chi connectivity index (χ0) is 34.4. The van der Waals surface area contributed by atoms with Crippen LogP contribution in [-0.2, 0) is 0 Å². The van der Waals surface area contributed by atoms with Crippen molar-refractivity contribution in [2.24, 2.45) is 0 Å². The molecule has 0 aliphatic carbocycles. The maximum absolute atomic E-state index is 6.75. The number of anilines is 3. The molecule has 0 saturated heterocycles. The van der Waals surface area contributed by atoms with E-state index in [2.05, 4.69) is 199 Å². The molecule has 0 atom stereocenters. The summed E-state index contributed by atoms with van der Waals surface area (Å²) in [6.07, 6.45) is 0. The van der Waals surface area contributed by atoms with Crippen LogP contribution in [-0.4, -0.2) is 0 Å². The topological polar surface area (TPSA) is 16.4 Å². The van der Waals surface area contributed by atoms with Crippen LogP contribution in [0.3, 0.4) is 0 Å². The fourth-order valence-electron chi connectivity index (χ4n) is 7.70. The molecule has 0 unspecified atom stereocenters. The lowest BCUT2D eigenvalue weighted by Crippen LogP contribution is -2.09. The quantitative estimate of drug-likeness (QED) is 0.165. The van der Waals surface area contributed by atoms with Gasteiger partial charge in [0.2, 0.25) is 0 Å². The van der Waals surface area contributed by atoms with E-state index in [4.69, 9.17) is 4.42 Å². The Morgan fingerprint density at radius 3 is 1.40 bits per heavy atom. The highest BCUT2D eigenvalue weighted by atomic mass is 16.3. The van der Waals surface area contributed by atoms with Crippen molar-refractivity contribution in [3.8, 4) is 33.4 Å². The van der Waals surface area contributed by atoms with Crippen LogP contribution in [0.2, 0.25) is 0 Å². The van der Waals surface area contributed by atoms with Crippen LogP contribution in [0.4, 0.5) is 17.1 Å². The third-order valence-electron chi connectivity index (χ3n) is 10.3. The zero-order valence-corrected chi connectivity index (χ0v) is 28.4. The molecule has 1 heterocycles. The number of rotatable bonds is 6. The highest BCUT2D eigenvalue weighted by Crippen LogP contribution is 2.42. The van der Waals surface area contributed by atoms with E-state index in [0.717, 1.165) is 61.3 Å². The second-order valence-electron chi connectivity index (χ2n) is 13.3. The van der Waals surface area contributed by atoms with Crippen LogP contribution in [0.5, 0.6) is 0 Å². The monoisotopic (exact) mass is 663 g/mol. The minimum absolute atomic E-state index is 0.906. The Balaban J connectivity index is 1.08. The van der Waals surface area contributed by atoms with Crippen LogP contribution in [0, 0.1) is 0 Å². The molecule has 1 aromatic heterocycles. The summed E-state index contributed by atoms with van der Waals surface area (Å²) < 4.78 is 6.75. The number of nitrogens with zero attached hydrogens (tertiary/aromatic N) is 1. The van der Waals surface area contributed by atoms with Gasteiger partial charge in [0.15, 0.2) is 0 Å². The van der Waals surface area contributed by atoms with Gasteiger partial charge in [-0.05, 0) is 80.2 Å². The molecule has 0 fully saturated rings. The predicted octanol–water partition coefficient (Wildman–Crippen LogP) is 14.4. The fourth-order valence-corrected chi connectivity index (χ4v) is 7.70. The molecule has 0 amide bonds. The van der Waals surface area contributed by atoms with Crippen LogP contribution < -0.4 is 4.90 Å². The summed E-state index contributed by atoms with van der Waals surface area (Å²) in [6, 6.07) is 71.5. The largest absolute Gasteiger partial charge is 0.455 e. The average Bonchev–Trinajstić information content (AvgIpc) is 3.61. The van der Waals surface area contributed by atoms with Crippen LogP contribution in [0.1, 0.15) is 0 Å². The lowest BCUT2D eigenvalue weighted by Gasteiger charge is -2.26. The van der Waals surface area contributed by atoms with Gasteiger partial charge in [0.05, 0.1) is 0 Å². The third kappa shape index (κ3) is 5.12. The van der Waals surface area contributed by atoms with Crippen molar-refractivity contribution in [1.82, 2.24) is 0 Å². The number of fused-ring (bicyclic) bond motifs is 6. The van der Waals surface area contributed by atoms with E-state index in [9.17, 15) is 0 Å². The number of benzene rings is 9. The maximum Gasteiger partial charge on any atom is 0.143 e. The molecule has 0 N–H and O–H groups in total. The first-order chi connectivity index (χ1) is 25.8. The Morgan fingerprint density at radius 2 is 0.750 bits per heavy atom. The molecular formula is C50H33NO. The van der Waals surface area contributed by atoms with Gasteiger partial charge in [-0.15, -0.1) is 0 Å².